The number of benzene rings is 1. The van der Waals surface area contributed by atoms with Gasteiger partial charge < -0.3 is 24.2 Å². The van der Waals surface area contributed by atoms with Gasteiger partial charge in [-0.1, -0.05) is 84.4 Å². The number of carbonyl (C=O) groups excluding carboxylic acids is 6. The van der Waals surface area contributed by atoms with Crippen molar-refractivity contribution in [3.8, 4) is 0 Å². The maximum atomic E-state index is 14.5. The van der Waals surface area contributed by atoms with Crippen LogP contribution in [0.3, 0.4) is 0 Å². The van der Waals surface area contributed by atoms with Gasteiger partial charge in [-0.05, 0) is 93.7 Å². The molecule has 3 aliphatic heterocycles. The fourth-order valence-electron chi connectivity index (χ4n) is 12.1. The first kappa shape index (κ1) is 56.9. The van der Waals surface area contributed by atoms with Crippen LogP contribution in [0.2, 0.25) is 0 Å². The van der Waals surface area contributed by atoms with Gasteiger partial charge in [0.2, 0.25) is 11.8 Å². The zero-order valence-corrected chi connectivity index (χ0v) is 44.5. The molecule has 0 aromatic heterocycles. The van der Waals surface area contributed by atoms with Gasteiger partial charge in [-0.2, -0.15) is 0 Å². The number of piperidine rings is 1. The Hall–Kier alpha value is -4.05. The predicted molar refractivity (Wildman–Crippen MR) is 272 cm³/mol. The number of likely N-dealkylation sites (tertiary alicyclic amines) is 2. The third-order valence-corrected chi connectivity index (χ3v) is 18.0. The van der Waals surface area contributed by atoms with Gasteiger partial charge in [-0.3, -0.25) is 33.7 Å². The van der Waals surface area contributed by atoms with Gasteiger partial charge in [0.1, 0.15) is 17.3 Å². The second-order valence-electron chi connectivity index (χ2n) is 21.4. The van der Waals surface area contributed by atoms with Crippen molar-refractivity contribution in [2.45, 2.75) is 161 Å². The molecule has 1 aromatic rings. The number of methoxy groups -OCH3 is 2. The van der Waals surface area contributed by atoms with Crippen LogP contribution >= 0.6 is 0 Å². The van der Waals surface area contributed by atoms with E-state index >= 15 is 0 Å². The Morgan fingerprint density at radius 3 is 2.23 bits per heavy atom. The lowest BCUT2D eigenvalue weighted by atomic mass is 9.83. The number of amides is 3. The Morgan fingerprint density at radius 1 is 0.914 bits per heavy atom. The van der Waals surface area contributed by atoms with Crippen molar-refractivity contribution in [1.29, 1.82) is 0 Å². The van der Waals surface area contributed by atoms with Crippen LogP contribution in [-0.2, 0) is 54.5 Å². The summed E-state index contributed by atoms with van der Waals surface area (Å²) < 4.78 is 39.4. The molecule has 1 aliphatic carbocycles. The number of Topliss-reactive ketones (excluding diaryl/α,β-unsaturated/α-hetero) is 3. The molecule has 3 amide bonds. The summed E-state index contributed by atoms with van der Waals surface area (Å²) in [7, 11) is 3.05. The SMILES string of the molecule is C=C1C=CC(=O)N1CCCCCC(=O)CS(=O)(=O)C[C@@H](CC(=O)[C@H](C)[C@@H](OC)[C@@H]1CCCN1C(=O)C[C@@H](OC)[C@H]([C@@H](C)CC)N(C)C(=O)[C@@H](CC(=O)[C@@H]1[C@H]2CC[C@H](C2)N1C)C(C)C)Cc1ccccc1. The Kier molecular flexibility index (Phi) is 21.2. The Bertz CT molecular complexity index is 2110. The van der Waals surface area contributed by atoms with Crippen molar-refractivity contribution in [2.75, 3.05) is 52.9 Å². The Morgan fingerprint density at radius 2 is 1.63 bits per heavy atom. The molecule has 11 atom stereocenters. The van der Waals surface area contributed by atoms with Gasteiger partial charge in [0.05, 0.1) is 42.5 Å². The topological polar surface area (TPSA) is 168 Å². The minimum Gasteiger partial charge on any atom is -0.379 e. The number of ketones is 3. The molecule has 14 nitrogen and oxygen atoms in total. The van der Waals surface area contributed by atoms with E-state index in [0.717, 1.165) is 31.2 Å². The number of hydrogen-bond donors (Lipinski definition) is 0. The summed E-state index contributed by atoms with van der Waals surface area (Å²) in [6.45, 7) is 14.7. The van der Waals surface area contributed by atoms with Gasteiger partial charge in [0.15, 0.2) is 15.6 Å². The van der Waals surface area contributed by atoms with Crippen molar-refractivity contribution >= 4 is 44.9 Å². The molecule has 15 heteroatoms. The first-order chi connectivity index (χ1) is 33.2. The highest BCUT2D eigenvalue weighted by atomic mass is 32.2. The van der Waals surface area contributed by atoms with Crippen molar-refractivity contribution in [3.05, 3.63) is 60.3 Å². The van der Waals surface area contributed by atoms with Gasteiger partial charge in [-0.15, -0.1) is 0 Å². The normalized spacial score (nSPS) is 23.4. The van der Waals surface area contributed by atoms with Crippen molar-refractivity contribution in [2.24, 2.45) is 35.5 Å². The number of fused-ring (bicyclic) bond motifs is 2. The van der Waals surface area contributed by atoms with Crippen LogP contribution < -0.4 is 0 Å². The zero-order valence-electron chi connectivity index (χ0n) is 43.7. The average Bonchev–Trinajstić information content (AvgIpc) is 4.13. The van der Waals surface area contributed by atoms with E-state index in [0.29, 0.717) is 69.3 Å². The minimum absolute atomic E-state index is 0.00279. The summed E-state index contributed by atoms with van der Waals surface area (Å²) in [6, 6.07) is 8.83. The molecule has 4 aliphatic rings. The van der Waals surface area contributed by atoms with E-state index in [1.807, 2.05) is 51.2 Å². The lowest BCUT2D eigenvalue weighted by Crippen LogP contribution is -2.54. The largest absolute Gasteiger partial charge is 0.379 e. The lowest BCUT2D eigenvalue weighted by Gasteiger charge is -2.41. The number of unbranched alkanes of at least 4 members (excludes halogenated alkanes) is 2. The van der Waals surface area contributed by atoms with Crippen molar-refractivity contribution in [1.82, 2.24) is 19.6 Å². The summed E-state index contributed by atoms with van der Waals surface area (Å²) in [5.74, 6) is -3.28. The maximum absolute atomic E-state index is 14.5. The first-order valence-electron chi connectivity index (χ1n) is 26.0. The zero-order chi connectivity index (χ0) is 51.4. The molecule has 0 spiro atoms. The van der Waals surface area contributed by atoms with Crippen LogP contribution in [0.5, 0.6) is 0 Å². The number of likely N-dealkylation sites (N-methyl/N-ethyl adjacent to an activating group) is 2. The molecule has 70 heavy (non-hydrogen) atoms. The molecular formula is C55H84N4O10S. The third-order valence-electron chi connectivity index (χ3n) is 16.2. The van der Waals surface area contributed by atoms with Gasteiger partial charge in [-0.25, -0.2) is 8.42 Å². The van der Waals surface area contributed by atoms with Crippen LogP contribution in [0.15, 0.2) is 54.8 Å². The minimum atomic E-state index is -3.88. The second-order valence-corrected chi connectivity index (χ2v) is 23.5. The fourth-order valence-corrected chi connectivity index (χ4v) is 13.8. The van der Waals surface area contributed by atoms with Gasteiger partial charge in [0, 0.05) is 83.3 Å². The molecule has 2 bridgehead atoms. The summed E-state index contributed by atoms with van der Waals surface area (Å²) in [6.07, 6.45) is 9.49. The fraction of sp³-hybridized carbons (Fsp3) is 0.709. The molecule has 2 saturated heterocycles. The number of sulfone groups is 1. The second kappa shape index (κ2) is 26.1. The monoisotopic (exact) mass is 993 g/mol. The molecule has 0 radical (unpaired) electrons. The van der Waals surface area contributed by atoms with E-state index in [2.05, 4.69) is 25.3 Å². The van der Waals surface area contributed by atoms with E-state index in [-0.39, 0.29) is 84.4 Å². The van der Waals surface area contributed by atoms with Crippen LogP contribution in [0, 0.1) is 35.5 Å². The first-order valence-corrected chi connectivity index (χ1v) is 27.9. The summed E-state index contributed by atoms with van der Waals surface area (Å²) in [5.41, 5.74) is 1.52. The van der Waals surface area contributed by atoms with Gasteiger partial charge in [0.25, 0.3) is 5.91 Å². The molecule has 5 rings (SSSR count). The molecule has 390 valence electrons. The van der Waals surface area contributed by atoms with Crippen LogP contribution in [0.25, 0.3) is 0 Å². The molecule has 1 saturated carbocycles. The average molecular weight is 993 g/mol. The van der Waals surface area contributed by atoms with E-state index in [1.54, 1.807) is 41.9 Å². The summed E-state index contributed by atoms with van der Waals surface area (Å²) >= 11 is 0. The number of rotatable bonds is 30. The highest BCUT2D eigenvalue weighted by molar-refractivity contribution is 7.92. The van der Waals surface area contributed by atoms with Crippen LogP contribution in [0.1, 0.15) is 124 Å². The van der Waals surface area contributed by atoms with E-state index in [9.17, 15) is 37.2 Å². The predicted octanol–water partition coefficient (Wildman–Crippen LogP) is 6.90. The summed E-state index contributed by atoms with van der Waals surface area (Å²) in [4.78, 5) is 89.5. The number of allylic oxidation sites excluding steroid dienone is 1. The molecule has 0 N–H and O–H groups in total. The molecule has 0 unspecified atom stereocenters. The third kappa shape index (κ3) is 14.6. The standard InChI is InChI=1S/C55H84N4O10S/c1-11-37(4)52(57(8)55(65)45(36(2)3)32-48(62)53-42-24-25-43(31-42)56(53)7)49(68-9)33-51(64)59-28-18-22-46(59)54(69-10)39(6)47(61)30-41(29-40-19-14-12-15-20-40)34-70(66,67)35-44(60)21-16-13-17-27-58-38(5)23-26-50(58)63/h12,14-15,19-20,23,26,36-37,39,41-43,45-46,49,52-54H,5,11,13,16-18,21-22,24-25,27-35H2,1-4,6-10H3/t37-,39-,41+,42-,43+,45-,46-,49+,52-,53-,54+/m0/s1. The van der Waals surface area contributed by atoms with Crippen LogP contribution in [0.4, 0.5) is 0 Å². The summed E-state index contributed by atoms with van der Waals surface area (Å²) in [5, 5.41) is 0. The smallest absolute Gasteiger partial charge is 0.251 e. The Balaban J connectivity index is 1.22. The van der Waals surface area contributed by atoms with E-state index in [1.165, 1.54) is 13.2 Å². The number of nitrogens with zero attached hydrogens (tertiary/aromatic N) is 4. The van der Waals surface area contributed by atoms with Crippen molar-refractivity contribution < 1.29 is 46.7 Å². The molecule has 1 aromatic carbocycles. The van der Waals surface area contributed by atoms with Crippen molar-refractivity contribution in [3.63, 3.8) is 0 Å². The number of hydrogen-bond acceptors (Lipinski definition) is 11. The van der Waals surface area contributed by atoms with E-state index < -0.39 is 57.6 Å². The maximum Gasteiger partial charge on any atom is 0.251 e. The molecular weight excluding hydrogens is 909 g/mol. The molecule has 3 fully saturated rings. The number of carbonyl (C=O) groups is 6. The quantitative estimate of drug-likeness (QED) is 0.0736. The van der Waals surface area contributed by atoms with Crippen LogP contribution in [-0.4, -0.2) is 152 Å². The highest BCUT2D eigenvalue weighted by Gasteiger charge is 2.48. The van der Waals surface area contributed by atoms with E-state index in [4.69, 9.17) is 9.47 Å². The lowest BCUT2D eigenvalue weighted by molar-refractivity contribution is -0.149. The van der Waals surface area contributed by atoms with Gasteiger partial charge >= 0.3 is 0 Å². The number of ether oxygens (including phenoxy) is 2. The molecule has 3 heterocycles. The highest BCUT2D eigenvalue weighted by Crippen LogP contribution is 2.43. The Labute approximate surface area is 419 Å².